The Bertz CT molecular complexity index is 1210. The number of rotatable bonds is 4. The van der Waals surface area contributed by atoms with Crippen LogP contribution in [0.1, 0.15) is 26.3 Å². The van der Waals surface area contributed by atoms with E-state index in [9.17, 15) is 4.79 Å². The van der Waals surface area contributed by atoms with Gasteiger partial charge in [-0.2, -0.15) is 0 Å². The molecule has 0 radical (unpaired) electrons. The molecule has 0 aliphatic heterocycles. The Morgan fingerprint density at radius 1 is 0.871 bits per heavy atom. The van der Waals surface area contributed by atoms with Crippen LogP contribution >= 0.6 is 0 Å². The highest BCUT2D eigenvalue weighted by Crippen LogP contribution is 2.26. The Morgan fingerprint density at radius 3 is 2.32 bits per heavy atom. The predicted molar refractivity (Wildman–Crippen MR) is 123 cm³/mol. The number of fused-ring (bicyclic) bond motifs is 1. The summed E-state index contributed by atoms with van der Waals surface area (Å²) in [4.78, 5) is 21.1. The third kappa shape index (κ3) is 5.25. The summed E-state index contributed by atoms with van der Waals surface area (Å²) in [5.74, 6) is 0. The molecule has 1 amide bonds. The summed E-state index contributed by atoms with van der Waals surface area (Å²) in [6.45, 7) is 5.96. The Hall–Kier alpha value is -3.73. The first-order valence-electron chi connectivity index (χ1n) is 10.3. The van der Waals surface area contributed by atoms with Crippen LogP contribution in [0.25, 0.3) is 33.4 Å². The van der Waals surface area contributed by atoms with Crippen LogP contribution < -0.4 is 5.32 Å². The first-order valence-corrected chi connectivity index (χ1v) is 10.3. The molecule has 0 saturated heterocycles. The Morgan fingerprint density at radius 2 is 1.58 bits per heavy atom. The van der Waals surface area contributed by atoms with E-state index in [2.05, 4.69) is 34.6 Å². The summed E-state index contributed by atoms with van der Waals surface area (Å²) < 4.78 is 5.27. The topological polar surface area (TPSA) is 64.1 Å². The number of nitrogens with one attached hydrogen (secondary N) is 1. The van der Waals surface area contributed by atoms with Gasteiger partial charge in [0.25, 0.3) is 0 Å². The van der Waals surface area contributed by atoms with E-state index in [0.29, 0.717) is 6.54 Å². The number of benzene rings is 3. The number of aromatic nitrogens is 2. The van der Waals surface area contributed by atoms with E-state index in [1.807, 2.05) is 75.5 Å². The second-order valence-electron chi connectivity index (χ2n) is 8.38. The number of ether oxygens (including phenoxy) is 1. The monoisotopic (exact) mass is 411 g/mol. The number of nitrogens with zero attached hydrogens (tertiary/aromatic N) is 2. The van der Waals surface area contributed by atoms with Crippen molar-refractivity contribution < 1.29 is 9.53 Å². The number of alkyl carbamates (subject to hydrolysis) is 1. The minimum Gasteiger partial charge on any atom is -0.444 e. The molecule has 5 nitrogen and oxygen atoms in total. The highest BCUT2D eigenvalue weighted by atomic mass is 16.6. The SMILES string of the molecule is CC(C)(C)OC(=O)NCc1ccc(-c2cccc(-c3cnc4ccccc4n3)c2)cc1. The molecule has 0 atom stereocenters. The molecule has 3 aromatic carbocycles. The van der Waals surface area contributed by atoms with E-state index in [0.717, 1.165) is 39.0 Å². The molecule has 1 N–H and O–H groups in total. The number of hydrogen-bond donors (Lipinski definition) is 1. The van der Waals surface area contributed by atoms with E-state index >= 15 is 0 Å². The second kappa shape index (κ2) is 8.56. The lowest BCUT2D eigenvalue weighted by molar-refractivity contribution is 0.0523. The highest BCUT2D eigenvalue weighted by molar-refractivity contribution is 5.78. The molecule has 0 unspecified atom stereocenters. The Kier molecular flexibility index (Phi) is 5.67. The van der Waals surface area contributed by atoms with Gasteiger partial charge >= 0.3 is 6.09 Å². The largest absolute Gasteiger partial charge is 0.444 e. The molecular formula is C26H25N3O2. The first-order chi connectivity index (χ1) is 14.9. The zero-order valence-corrected chi connectivity index (χ0v) is 17.9. The van der Waals surface area contributed by atoms with Gasteiger partial charge in [-0.25, -0.2) is 9.78 Å². The fourth-order valence-corrected chi connectivity index (χ4v) is 3.26. The average Bonchev–Trinajstić information content (AvgIpc) is 2.77. The van der Waals surface area contributed by atoms with Gasteiger partial charge in [-0.15, -0.1) is 0 Å². The maximum Gasteiger partial charge on any atom is 0.407 e. The zero-order chi connectivity index (χ0) is 21.8. The molecule has 0 aliphatic carbocycles. The number of para-hydroxylation sites is 2. The molecule has 0 saturated carbocycles. The molecule has 4 aromatic rings. The van der Waals surface area contributed by atoms with E-state index in [-0.39, 0.29) is 0 Å². The number of hydrogen-bond acceptors (Lipinski definition) is 4. The third-order valence-corrected chi connectivity index (χ3v) is 4.73. The van der Waals surface area contributed by atoms with Crippen LogP contribution in [0, 0.1) is 0 Å². The van der Waals surface area contributed by atoms with Crippen molar-refractivity contribution in [3.8, 4) is 22.4 Å². The summed E-state index contributed by atoms with van der Waals surface area (Å²) >= 11 is 0. The lowest BCUT2D eigenvalue weighted by Crippen LogP contribution is -2.32. The van der Waals surface area contributed by atoms with Crippen molar-refractivity contribution in [2.45, 2.75) is 32.9 Å². The summed E-state index contributed by atoms with van der Waals surface area (Å²) in [7, 11) is 0. The van der Waals surface area contributed by atoms with Gasteiger partial charge in [0, 0.05) is 12.1 Å². The van der Waals surface area contributed by atoms with E-state index in [1.165, 1.54) is 0 Å². The van der Waals surface area contributed by atoms with E-state index in [1.54, 1.807) is 0 Å². The smallest absolute Gasteiger partial charge is 0.407 e. The van der Waals surface area contributed by atoms with Crippen molar-refractivity contribution in [2.75, 3.05) is 0 Å². The van der Waals surface area contributed by atoms with Crippen molar-refractivity contribution in [3.63, 3.8) is 0 Å². The number of amides is 1. The lowest BCUT2D eigenvalue weighted by Gasteiger charge is -2.19. The standard InChI is InChI=1S/C26H25N3O2/c1-26(2,3)31-25(30)28-16-18-11-13-19(14-12-18)20-7-6-8-21(15-20)24-17-27-22-9-4-5-10-23(22)29-24/h4-15,17H,16H2,1-3H3,(H,28,30). The third-order valence-electron chi connectivity index (χ3n) is 4.73. The lowest BCUT2D eigenvalue weighted by atomic mass is 10.0. The second-order valence-corrected chi connectivity index (χ2v) is 8.38. The summed E-state index contributed by atoms with van der Waals surface area (Å²) in [6, 6.07) is 24.3. The van der Waals surface area contributed by atoms with Gasteiger partial charge in [0.05, 0.1) is 22.9 Å². The van der Waals surface area contributed by atoms with Gasteiger partial charge in [0.1, 0.15) is 5.60 Å². The Labute approximate surface area is 182 Å². The number of carbonyl (C=O) groups is 1. The summed E-state index contributed by atoms with van der Waals surface area (Å²) in [5.41, 5.74) is 6.33. The van der Waals surface area contributed by atoms with Crippen molar-refractivity contribution in [1.82, 2.24) is 15.3 Å². The molecule has 31 heavy (non-hydrogen) atoms. The van der Waals surface area contributed by atoms with Crippen molar-refractivity contribution in [2.24, 2.45) is 0 Å². The molecule has 0 bridgehead atoms. The van der Waals surface area contributed by atoms with Crippen molar-refractivity contribution in [1.29, 1.82) is 0 Å². The summed E-state index contributed by atoms with van der Waals surface area (Å²) in [5, 5.41) is 2.78. The molecule has 1 heterocycles. The molecule has 0 fully saturated rings. The molecule has 156 valence electrons. The van der Waals surface area contributed by atoms with E-state index < -0.39 is 11.7 Å². The van der Waals surface area contributed by atoms with Gasteiger partial charge in [-0.3, -0.25) is 4.98 Å². The van der Waals surface area contributed by atoms with Crippen molar-refractivity contribution in [3.05, 3.63) is 84.6 Å². The summed E-state index contributed by atoms with van der Waals surface area (Å²) in [6.07, 6.45) is 1.40. The highest BCUT2D eigenvalue weighted by Gasteiger charge is 2.15. The Balaban J connectivity index is 1.49. The molecule has 4 rings (SSSR count). The molecular weight excluding hydrogens is 386 g/mol. The van der Waals surface area contributed by atoms with Crippen LogP contribution in [0.5, 0.6) is 0 Å². The van der Waals surface area contributed by atoms with Crippen molar-refractivity contribution >= 4 is 17.1 Å². The van der Waals surface area contributed by atoms with Crippen LogP contribution in [0.2, 0.25) is 0 Å². The molecule has 1 aromatic heterocycles. The maximum atomic E-state index is 11.8. The van der Waals surface area contributed by atoms with Crippen LogP contribution in [-0.2, 0) is 11.3 Å². The predicted octanol–water partition coefficient (Wildman–Crippen LogP) is 5.99. The van der Waals surface area contributed by atoms with E-state index in [4.69, 9.17) is 9.72 Å². The van der Waals surface area contributed by atoms with Gasteiger partial charge in [-0.05, 0) is 55.7 Å². The maximum absolute atomic E-state index is 11.8. The van der Waals surface area contributed by atoms with Gasteiger partial charge in [0.2, 0.25) is 0 Å². The van der Waals surface area contributed by atoms with Crippen LogP contribution in [0.4, 0.5) is 4.79 Å². The van der Waals surface area contributed by atoms with Gasteiger partial charge in [0.15, 0.2) is 0 Å². The van der Waals surface area contributed by atoms with Crippen LogP contribution in [0.15, 0.2) is 79.0 Å². The fourth-order valence-electron chi connectivity index (χ4n) is 3.26. The molecule has 0 aliphatic rings. The molecule has 5 heteroatoms. The normalized spacial score (nSPS) is 11.3. The number of carbonyl (C=O) groups excluding carboxylic acids is 1. The zero-order valence-electron chi connectivity index (χ0n) is 17.9. The van der Waals surface area contributed by atoms with Gasteiger partial charge in [-0.1, -0.05) is 54.6 Å². The van der Waals surface area contributed by atoms with Crippen LogP contribution in [-0.4, -0.2) is 21.7 Å². The quantitative estimate of drug-likeness (QED) is 0.448. The fraction of sp³-hybridized carbons (Fsp3) is 0.192. The van der Waals surface area contributed by atoms with Gasteiger partial charge < -0.3 is 10.1 Å². The van der Waals surface area contributed by atoms with Crippen LogP contribution in [0.3, 0.4) is 0 Å². The minimum atomic E-state index is -0.506. The molecule has 0 spiro atoms. The minimum absolute atomic E-state index is 0.416. The first kappa shape index (κ1) is 20.5. The average molecular weight is 412 g/mol.